The quantitative estimate of drug-likeness (QED) is 0.915. The molecule has 0 aliphatic carbocycles. The Morgan fingerprint density at radius 3 is 2.70 bits per heavy atom. The molecular formula is C15H17ClN2O2. The average Bonchev–Trinajstić information content (AvgIpc) is 2.49. The van der Waals surface area contributed by atoms with Gasteiger partial charge in [0.2, 0.25) is 5.88 Å². The van der Waals surface area contributed by atoms with Gasteiger partial charge in [0.25, 0.3) is 0 Å². The zero-order chi connectivity index (χ0) is 14.5. The molecule has 20 heavy (non-hydrogen) atoms. The van der Waals surface area contributed by atoms with Crippen LogP contribution < -0.4 is 15.2 Å². The Bertz CT molecular complexity index is 602. The lowest BCUT2D eigenvalue weighted by Crippen LogP contribution is -1.99. The summed E-state index contributed by atoms with van der Waals surface area (Å²) in [5.74, 6) is 1.73. The van der Waals surface area contributed by atoms with E-state index in [1.807, 2.05) is 18.2 Å². The number of ether oxygens (including phenoxy) is 2. The Morgan fingerprint density at radius 2 is 2.05 bits per heavy atom. The fourth-order valence-electron chi connectivity index (χ4n) is 1.80. The van der Waals surface area contributed by atoms with E-state index in [9.17, 15) is 0 Å². The van der Waals surface area contributed by atoms with Crippen LogP contribution in [-0.2, 0) is 13.0 Å². The first kappa shape index (κ1) is 14.6. The molecule has 0 radical (unpaired) electrons. The van der Waals surface area contributed by atoms with Gasteiger partial charge in [-0.15, -0.1) is 0 Å². The fourth-order valence-corrected chi connectivity index (χ4v) is 1.98. The van der Waals surface area contributed by atoms with Gasteiger partial charge in [-0.25, -0.2) is 4.98 Å². The average molecular weight is 293 g/mol. The molecule has 0 aliphatic rings. The maximum absolute atomic E-state index is 5.97. The summed E-state index contributed by atoms with van der Waals surface area (Å²) in [6, 6.07) is 7.55. The molecule has 2 N–H and O–H groups in total. The van der Waals surface area contributed by atoms with Gasteiger partial charge in [0.1, 0.15) is 0 Å². The summed E-state index contributed by atoms with van der Waals surface area (Å²) in [5.41, 5.74) is 7.59. The number of benzene rings is 1. The van der Waals surface area contributed by atoms with Crippen LogP contribution in [0.2, 0.25) is 5.02 Å². The minimum absolute atomic E-state index is 0.337. The number of halogens is 1. The minimum atomic E-state index is 0.337. The van der Waals surface area contributed by atoms with Crippen LogP contribution in [0.5, 0.6) is 17.4 Å². The van der Waals surface area contributed by atoms with Gasteiger partial charge in [-0.2, -0.15) is 0 Å². The molecule has 2 aromatic rings. The number of methoxy groups -OCH3 is 1. The lowest BCUT2D eigenvalue weighted by atomic mass is 10.1. The second-order valence-electron chi connectivity index (χ2n) is 4.26. The third kappa shape index (κ3) is 3.21. The first-order valence-electron chi connectivity index (χ1n) is 6.37. The van der Waals surface area contributed by atoms with Crippen LogP contribution in [0.3, 0.4) is 0 Å². The molecule has 0 amide bonds. The van der Waals surface area contributed by atoms with Crippen molar-refractivity contribution in [3.63, 3.8) is 0 Å². The van der Waals surface area contributed by atoms with Crippen molar-refractivity contribution >= 4 is 11.6 Å². The first-order valence-corrected chi connectivity index (χ1v) is 6.75. The molecule has 2 rings (SSSR count). The van der Waals surface area contributed by atoms with Crippen molar-refractivity contribution in [1.82, 2.24) is 4.98 Å². The van der Waals surface area contributed by atoms with Gasteiger partial charge in [0, 0.05) is 18.8 Å². The van der Waals surface area contributed by atoms with E-state index in [0.29, 0.717) is 28.9 Å². The third-order valence-corrected chi connectivity index (χ3v) is 3.32. The number of rotatable bonds is 5. The highest BCUT2D eigenvalue weighted by Crippen LogP contribution is 2.32. The molecule has 1 heterocycles. The van der Waals surface area contributed by atoms with E-state index in [1.54, 1.807) is 13.2 Å². The molecule has 0 atom stereocenters. The number of aromatic nitrogens is 1. The smallest absolute Gasteiger partial charge is 0.219 e. The van der Waals surface area contributed by atoms with Gasteiger partial charge in [0.15, 0.2) is 11.5 Å². The fraction of sp³-hybridized carbons (Fsp3) is 0.267. The first-order chi connectivity index (χ1) is 9.67. The molecule has 0 saturated carbocycles. The third-order valence-electron chi connectivity index (χ3n) is 2.98. The number of aryl methyl sites for hydroxylation is 1. The van der Waals surface area contributed by atoms with Crippen LogP contribution in [0.4, 0.5) is 0 Å². The zero-order valence-corrected chi connectivity index (χ0v) is 12.3. The molecule has 0 unspecified atom stereocenters. The molecule has 5 heteroatoms. The van der Waals surface area contributed by atoms with Crippen LogP contribution in [-0.4, -0.2) is 12.1 Å². The van der Waals surface area contributed by atoms with E-state index in [-0.39, 0.29) is 0 Å². The number of pyridine rings is 1. The van der Waals surface area contributed by atoms with Crippen molar-refractivity contribution in [3.8, 4) is 17.4 Å². The highest BCUT2D eigenvalue weighted by atomic mass is 35.5. The van der Waals surface area contributed by atoms with Crippen LogP contribution in [0.15, 0.2) is 30.5 Å². The van der Waals surface area contributed by atoms with Crippen molar-refractivity contribution < 1.29 is 9.47 Å². The van der Waals surface area contributed by atoms with Crippen LogP contribution in [0.25, 0.3) is 0 Å². The molecule has 0 spiro atoms. The lowest BCUT2D eigenvalue weighted by molar-refractivity contribution is 0.373. The summed E-state index contributed by atoms with van der Waals surface area (Å²) in [4.78, 5) is 4.13. The van der Waals surface area contributed by atoms with E-state index >= 15 is 0 Å². The van der Waals surface area contributed by atoms with Gasteiger partial charge in [-0.3, -0.25) is 0 Å². The second kappa shape index (κ2) is 6.59. The van der Waals surface area contributed by atoms with Gasteiger partial charge in [-0.1, -0.05) is 24.6 Å². The predicted molar refractivity (Wildman–Crippen MR) is 79.6 cm³/mol. The lowest BCUT2D eigenvalue weighted by Gasteiger charge is -2.11. The summed E-state index contributed by atoms with van der Waals surface area (Å²) in [5, 5.41) is 0.535. The van der Waals surface area contributed by atoms with Crippen LogP contribution >= 0.6 is 11.6 Å². The maximum atomic E-state index is 5.97. The van der Waals surface area contributed by atoms with Crippen LogP contribution in [0.1, 0.15) is 18.1 Å². The molecule has 1 aromatic carbocycles. The van der Waals surface area contributed by atoms with E-state index in [2.05, 4.69) is 11.9 Å². The monoisotopic (exact) mass is 292 g/mol. The van der Waals surface area contributed by atoms with Crippen molar-refractivity contribution in [3.05, 3.63) is 46.6 Å². The van der Waals surface area contributed by atoms with Gasteiger partial charge in [-0.05, 0) is 29.7 Å². The van der Waals surface area contributed by atoms with E-state index in [4.69, 9.17) is 26.8 Å². The standard InChI is InChI=1S/C15H17ClN2O2/c1-3-10-4-5-13(14(6-10)19-2)20-15-7-11(8-17)12(16)9-18-15/h4-7,9H,3,8,17H2,1-2H3. The van der Waals surface area contributed by atoms with Gasteiger partial charge in [0.05, 0.1) is 12.1 Å². The number of nitrogens with two attached hydrogens (primary N) is 1. The van der Waals surface area contributed by atoms with Gasteiger partial charge >= 0.3 is 0 Å². The Hall–Kier alpha value is -1.78. The van der Waals surface area contributed by atoms with Crippen LogP contribution in [0, 0.1) is 0 Å². The Balaban J connectivity index is 2.29. The van der Waals surface area contributed by atoms with Crippen molar-refractivity contribution in [2.45, 2.75) is 19.9 Å². The Kier molecular flexibility index (Phi) is 4.82. The summed E-state index contributed by atoms with van der Waals surface area (Å²) in [6.45, 7) is 2.42. The molecule has 4 nitrogen and oxygen atoms in total. The molecular weight excluding hydrogens is 276 g/mol. The van der Waals surface area contributed by atoms with Crippen molar-refractivity contribution in [2.24, 2.45) is 5.73 Å². The summed E-state index contributed by atoms with van der Waals surface area (Å²) < 4.78 is 11.1. The number of hydrogen-bond donors (Lipinski definition) is 1. The second-order valence-corrected chi connectivity index (χ2v) is 4.67. The molecule has 0 aliphatic heterocycles. The summed E-state index contributed by atoms with van der Waals surface area (Å²) >= 11 is 5.97. The minimum Gasteiger partial charge on any atom is -0.493 e. The molecule has 106 valence electrons. The van der Waals surface area contributed by atoms with E-state index < -0.39 is 0 Å². The van der Waals surface area contributed by atoms with E-state index in [0.717, 1.165) is 12.0 Å². The van der Waals surface area contributed by atoms with Gasteiger partial charge < -0.3 is 15.2 Å². The normalized spacial score (nSPS) is 10.4. The Labute approximate surface area is 123 Å². The SMILES string of the molecule is CCc1ccc(Oc2cc(CN)c(Cl)cn2)c(OC)c1. The summed E-state index contributed by atoms with van der Waals surface area (Å²) in [6.07, 6.45) is 2.47. The largest absolute Gasteiger partial charge is 0.493 e. The number of nitrogens with zero attached hydrogens (tertiary/aromatic N) is 1. The molecule has 0 fully saturated rings. The highest BCUT2D eigenvalue weighted by Gasteiger charge is 2.09. The maximum Gasteiger partial charge on any atom is 0.219 e. The molecule has 0 saturated heterocycles. The van der Waals surface area contributed by atoms with Crippen molar-refractivity contribution in [1.29, 1.82) is 0 Å². The topological polar surface area (TPSA) is 57.4 Å². The number of hydrogen-bond acceptors (Lipinski definition) is 4. The van der Waals surface area contributed by atoms with Crippen molar-refractivity contribution in [2.75, 3.05) is 7.11 Å². The van der Waals surface area contributed by atoms with E-state index in [1.165, 1.54) is 11.8 Å². The predicted octanol–water partition coefficient (Wildman–Crippen LogP) is 3.56. The summed E-state index contributed by atoms with van der Waals surface area (Å²) in [7, 11) is 1.61. The zero-order valence-electron chi connectivity index (χ0n) is 11.5. The highest BCUT2D eigenvalue weighted by molar-refractivity contribution is 6.31. The molecule has 0 bridgehead atoms. The Morgan fingerprint density at radius 1 is 1.25 bits per heavy atom. The molecule has 1 aromatic heterocycles.